The van der Waals surface area contributed by atoms with E-state index in [1.807, 2.05) is 12.4 Å². The molecule has 2 aromatic heterocycles. The molecule has 0 amide bonds. The molecule has 2 heterocycles. The van der Waals surface area contributed by atoms with E-state index in [-0.39, 0.29) is 0 Å². The Morgan fingerprint density at radius 2 is 1.65 bits per heavy atom. The first-order valence-electron chi connectivity index (χ1n) is 6.12. The standard InChI is InChI=1S/C15H18N2/c1-4-12-5-7-16-14(9-12)15-10-13(11(2)3)6-8-17-15/h5-11H,4H2,1-3H3. The van der Waals surface area contributed by atoms with Gasteiger partial charge in [-0.3, -0.25) is 9.97 Å². The van der Waals surface area contributed by atoms with Crippen molar-refractivity contribution in [1.82, 2.24) is 9.97 Å². The van der Waals surface area contributed by atoms with Crippen molar-refractivity contribution in [2.75, 3.05) is 0 Å². The van der Waals surface area contributed by atoms with Crippen molar-refractivity contribution in [3.8, 4) is 11.4 Å². The Morgan fingerprint density at radius 3 is 2.29 bits per heavy atom. The van der Waals surface area contributed by atoms with Crippen molar-refractivity contribution in [3.05, 3.63) is 47.8 Å². The fourth-order valence-electron chi connectivity index (χ4n) is 1.78. The first-order chi connectivity index (χ1) is 8.20. The summed E-state index contributed by atoms with van der Waals surface area (Å²) in [7, 11) is 0. The van der Waals surface area contributed by atoms with Gasteiger partial charge < -0.3 is 0 Å². The molecule has 0 N–H and O–H groups in total. The lowest BCUT2D eigenvalue weighted by Gasteiger charge is -2.07. The molecule has 0 aromatic carbocycles. The van der Waals surface area contributed by atoms with E-state index >= 15 is 0 Å². The molecule has 0 unspecified atom stereocenters. The number of hydrogen-bond acceptors (Lipinski definition) is 2. The van der Waals surface area contributed by atoms with E-state index in [1.165, 1.54) is 11.1 Å². The minimum absolute atomic E-state index is 0.520. The number of nitrogens with zero attached hydrogens (tertiary/aromatic N) is 2. The minimum Gasteiger partial charge on any atom is -0.255 e. The average molecular weight is 226 g/mol. The molecule has 0 saturated carbocycles. The van der Waals surface area contributed by atoms with E-state index in [0.717, 1.165) is 17.8 Å². The van der Waals surface area contributed by atoms with E-state index in [4.69, 9.17) is 0 Å². The molecule has 2 heteroatoms. The maximum atomic E-state index is 4.40. The van der Waals surface area contributed by atoms with Crippen LogP contribution in [0.5, 0.6) is 0 Å². The highest BCUT2D eigenvalue weighted by Gasteiger charge is 2.05. The van der Waals surface area contributed by atoms with Crippen LogP contribution in [-0.4, -0.2) is 9.97 Å². The molecule has 0 aliphatic rings. The molecule has 0 spiro atoms. The Bertz CT molecular complexity index is 504. The lowest BCUT2D eigenvalue weighted by Crippen LogP contribution is -1.93. The van der Waals surface area contributed by atoms with Crippen LogP contribution in [0.15, 0.2) is 36.7 Å². The van der Waals surface area contributed by atoms with Crippen LogP contribution in [0.3, 0.4) is 0 Å². The van der Waals surface area contributed by atoms with Crippen LogP contribution in [-0.2, 0) is 6.42 Å². The summed E-state index contributed by atoms with van der Waals surface area (Å²) in [5, 5.41) is 0. The summed E-state index contributed by atoms with van der Waals surface area (Å²) in [5.41, 5.74) is 4.53. The SMILES string of the molecule is CCc1ccnc(-c2cc(C(C)C)ccn2)c1. The molecule has 0 saturated heterocycles. The largest absolute Gasteiger partial charge is 0.255 e. The number of aryl methyl sites for hydroxylation is 1. The van der Waals surface area contributed by atoms with Gasteiger partial charge in [-0.2, -0.15) is 0 Å². The van der Waals surface area contributed by atoms with Gasteiger partial charge in [0, 0.05) is 12.4 Å². The van der Waals surface area contributed by atoms with Crippen LogP contribution in [0.2, 0.25) is 0 Å². The number of hydrogen-bond donors (Lipinski definition) is 0. The third kappa shape index (κ3) is 2.70. The summed E-state index contributed by atoms with van der Waals surface area (Å²) < 4.78 is 0. The molecule has 2 nitrogen and oxygen atoms in total. The Morgan fingerprint density at radius 1 is 1.00 bits per heavy atom. The van der Waals surface area contributed by atoms with Crippen molar-refractivity contribution in [1.29, 1.82) is 0 Å². The molecule has 0 fully saturated rings. The van der Waals surface area contributed by atoms with Crippen LogP contribution in [0.4, 0.5) is 0 Å². The fraction of sp³-hybridized carbons (Fsp3) is 0.333. The maximum absolute atomic E-state index is 4.40. The highest BCUT2D eigenvalue weighted by Crippen LogP contribution is 2.20. The predicted molar refractivity (Wildman–Crippen MR) is 70.9 cm³/mol. The van der Waals surface area contributed by atoms with Crippen molar-refractivity contribution in [2.24, 2.45) is 0 Å². The van der Waals surface area contributed by atoms with Crippen LogP contribution in [0, 0.1) is 0 Å². The van der Waals surface area contributed by atoms with Gasteiger partial charge in [0.05, 0.1) is 11.4 Å². The summed E-state index contributed by atoms with van der Waals surface area (Å²) in [6.07, 6.45) is 4.75. The van der Waals surface area contributed by atoms with E-state index in [1.54, 1.807) is 0 Å². The van der Waals surface area contributed by atoms with Gasteiger partial charge in [-0.05, 0) is 47.7 Å². The summed E-state index contributed by atoms with van der Waals surface area (Å²) >= 11 is 0. The fourth-order valence-corrected chi connectivity index (χ4v) is 1.78. The zero-order chi connectivity index (χ0) is 12.3. The van der Waals surface area contributed by atoms with E-state index < -0.39 is 0 Å². The van der Waals surface area contributed by atoms with Crippen LogP contribution in [0.25, 0.3) is 11.4 Å². The zero-order valence-electron chi connectivity index (χ0n) is 10.6. The first kappa shape index (κ1) is 11.8. The molecule has 0 bridgehead atoms. The van der Waals surface area contributed by atoms with Crippen molar-refractivity contribution < 1.29 is 0 Å². The van der Waals surface area contributed by atoms with Crippen LogP contribution >= 0.6 is 0 Å². The summed E-state index contributed by atoms with van der Waals surface area (Å²) in [6, 6.07) is 8.37. The molecule has 0 aliphatic heterocycles. The molecule has 0 atom stereocenters. The monoisotopic (exact) mass is 226 g/mol. The zero-order valence-corrected chi connectivity index (χ0v) is 10.6. The summed E-state index contributed by atoms with van der Waals surface area (Å²) in [6.45, 7) is 6.53. The normalized spacial score (nSPS) is 10.8. The quantitative estimate of drug-likeness (QED) is 0.795. The highest BCUT2D eigenvalue weighted by molar-refractivity contribution is 5.55. The van der Waals surface area contributed by atoms with Crippen molar-refractivity contribution in [3.63, 3.8) is 0 Å². The van der Waals surface area contributed by atoms with Gasteiger partial charge in [-0.1, -0.05) is 20.8 Å². The molecule has 17 heavy (non-hydrogen) atoms. The van der Waals surface area contributed by atoms with Gasteiger partial charge in [0.2, 0.25) is 0 Å². The van der Waals surface area contributed by atoms with Gasteiger partial charge in [-0.25, -0.2) is 0 Å². The lowest BCUT2D eigenvalue weighted by atomic mass is 10.0. The number of rotatable bonds is 3. The Kier molecular flexibility index (Phi) is 3.52. The molecule has 0 aliphatic carbocycles. The third-order valence-electron chi connectivity index (χ3n) is 2.95. The molecule has 0 radical (unpaired) electrons. The average Bonchev–Trinajstić information content (AvgIpc) is 2.39. The summed E-state index contributed by atoms with van der Waals surface area (Å²) in [5.74, 6) is 0.520. The molecule has 88 valence electrons. The molecular formula is C15H18N2. The number of pyridine rings is 2. The van der Waals surface area contributed by atoms with Gasteiger partial charge >= 0.3 is 0 Å². The van der Waals surface area contributed by atoms with Gasteiger partial charge in [0.1, 0.15) is 0 Å². The van der Waals surface area contributed by atoms with Gasteiger partial charge in [0.25, 0.3) is 0 Å². The topological polar surface area (TPSA) is 25.8 Å². The van der Waals surface area contributed by atoms with Gasteiger partial charge in [0.15, 0.2) is 0 Å². The second-order valence-corrected chi connectivity index (χ2v) is 4.53. The summed E-state index contributed by atoms with van der Waals surface area (Å²) in [4.78, 5) is 8.80. The smallest absolute Gasteiger partial charge is 0.0889 e. The van der Waals surface area contributed by atoms with Crippen LogP contribution < -0.4 is 0 Å². The Labute approximate surface area is 103 Å². The lowest BCUT2D eigenvalue weighted by molar-refractivity contribution is 0.863. The van der Waals surface area contributed by atoms with Crippen molar-refractivity contribution in [2.45, 2.75) is 33.1 Å². The second kappa shape index (κ2) is 5.09. The van der Waals surface area contributed by atoms with E-state index in [9.17, 15) is 0 Å². The molecular weight excluding hydrogens is 208 g/mol. The van der Waals surface area contributed by atoms with Gasteiger partial charge in [-0.15, -0.1) is 0 Å². The van der Waals surface area contributed by atoms with E-state index in [2.05, 4.69) is 55.0 Å². The first-order valence-corrected chi connectivity index (χ1v) is 6.12. The predicted octanol–water partition coefficient (Wildman–Crippen LogP) is 3.83. The highest BCUT2D eigenvalue weighted by atomic mass is 14.8. The second-order valence-electron chi connectivity index (χ2n) is 4.53. The number of aromatic nitrogens is 2. The Balaban J connectivity index is 2.41. The minimum atomic E-state index is 0.520. The van der Waals surface area contributed by atoms with E-state index in [0.29, 0.717) is 5.92 Å². The molecule has 2 aromatic rings. The Hall–Kier alpha value is -1.70. The maximum Gasteiger partial charge on any atom is 0.0889 e. The molecule has 2 rings (SSSR count). The van der Waals surface area contributed by atoms with Crippen LogP contribution in [0.1, 0.15) is 37.8 Å². The third-order valence-corrected chi connectivity index (χ3v) is 2.95. The van der Waals surface area contributed by atoms with Crippen molar-refractivity contribution >= 4 is 0 Å².